The third-order valence-electron chi connectivity index (χ3n) is 7.46. The number of piperazine rings is 1. The Bertz CT molecular complexity index is 995. The van der Waals surface area contributed by atoms with Crippen molar-refractivity contribution in [1.29, 1.82) is 0 Å². The number of anilines is 1. The molecule has 5 rings (SSSR count). The summed E-state index contributed by atoms with van der Waals surface area (Å²) in [6, 6.07) is 8.86. The van der Waals surface area contributed by atoms with Crippen molar-refractivity contribution in [3.8, 4) is 5.75 Å². The minimum absolute atomic E-state index is 0.141. The molecule has 3 heterocycles. The third-order valence-corrected chi connectivity index (χ3v) is 8.40. The Labute approximate surface area is 207 Å². The van der Waals surface area contributed by atoms with Gasteiger partial charge in [0, 0.05) is 74.6 Å². The number of nitrogens with zero attached hydrogens (tertiary/aromatic N) is 5. The Kier molecular flexibility index (Phi) is 7.34. The van der Waals surface area contributed by atoms with Crippen LogP contribution in [0.2, 0.25) is 0 Å². The van der Waals surface area contributed by atoms with E-state index in [0.717, 1.165) is 88.0 Å². The van der Waals surface area contributed by atoms with Gasteiger partial charge in [-0.15, -0.1) is 0 Å². The predicted octanol–water partition coefficient (Wildman–Crippen LogP) is 3.17. The van der Waals surface area contributed by atoms with Crippen molar-refractivity contribution in [1.82, 2.24) is 19.6 Å². The van der Waals surface area contributed by atoms with Crippen molar-refractivity contribution >= 4 is 23.4 Å². The zero-order chi connectivity index (χ0) is 23.5. The lowest BCUT2D eigenvalue weighted by molar-refractivity contribution is 0.0763. The number of amides is 1. The van der Waals surface area contributed by atoms with Gasteiger partial charge < -0.3 is 14.5 Å². The van der Waals surface area contributed by atoms with E-state index in [1.165, 1.54) is 16.9 Å². The summed E-state index contributed by atoms with van der Waals surface area (Å²) in [6.45, 7) is 11.4. The predicted molar refractivity (Wildman–Crippen MR) is 138 cm³/mol. The topological polar surface area (TPSA) is 53.8 Å². The SMILES string of the molecule is CCOc1ccccc1N1CCN([C@@H]2CCc3c(c(C(=O)N4CCSCC4)nn3CC)C2)CC1. The number of benzene rings is 1. The molecular weight excluding hydrogens is 446 g/mol. The van der Waals surface area contributed by atoms with Crippen molar-refractivity contribution in [2.24, 2.45) is 0 Å². The summed E-state index contributed by atoms with van der Waals surface area (Å²) in [4.78, 5) is 20.5. The number of ether oxygens (including phenoxy) is 1. The van der Waals surface area contributed by atoms with Crippen LogP contribution >= 0.6 is 11.8 Å². The molecule has 1 atom stereocenters. The second-order valence-electron chi connectivity index (χ2n) is 9.31. The number of hydrogen-bond donors (Lipinski definition) is 0. The summed E-state index contributed by atoms with van der Waals surface area (Å²) in [5.74, 6) is 3.18. The molecule has 0 bridgehead atoms. The van der Waals surface area contributed by atoms with E-state index in [9.17, 15) is 4.79 Å². The van der Waals surface area contributed by atoms with Crippen LogP contribution in [0.5, 0.6) is 5.75 Å². The third kappa shape index (κ3) is 4.67. The van der Waals surface area contributed by atoms with Gasteiger partial charge in [-0.25, -0.2) is 0 Å². The second kappa shape index (κ2) is 10.6. The summed E-state index contributed by atoms with van der Waals surface area (Å²) in [7, 11) is 0. The van der Waals surface area contributed by atoms with E-state index in [1.54, 1.807) is 0 Å². The normalized spacial score (nSPS) is 21.4. The molecule has 1 aliphatic carbocycles. The maximum absolute atomic E-state index is 13.4. The van der Waals surface area contributed by atoms with Crippen molar-refractivity contribution < 1.29 is 9.53 Å². The molecule has 8 heteroatoms. The van der Waals surface area contributed by atoms with Crippen LogP contribution < -0.4 is 9.64 Å². The number of carbonyl (C=O) groups excluding carboxylic acids is 1. The van der Waals surface area contributed by atoms with Gasteiger partial charge in [-0.05, 0) is 45.2 Å². The van der Waals surface area contributed by atoms with Crippen LogP contribution in [0.15, 0.2) is 24.3 Å². The number of carbonyl (C=O) groups is 1. The van der Waals surface area contributed by atoms with Gasteiger partial charge in [0.15, 0.2) is 5.69 Å². The first-order chi connectivity index (χ1) is 16.7. The highest BCUT2D eigenvalue weighted by molar-refractivity contribution is 7.99. The number of aromatic nitrogens is 2. The average molecular weight is 484 g/mol. The van der Waals surface area contributed by atoms with E-state index in [0.29, 0.717) is 12.6 Å². The van der Waals surface area contributed by atoms with Crippen molar-refractivity contribution in [2.75, 3.05) is 62.3 Å². The lowest BCUT2D eigenvalue weighted by Gasteiger charge is -2.42. The van der Waals surface area contributed by atoms with Crippen molar-refractivity contribution in [3.63, 3.8) is 0 Å². The van der Waals surface area contributed by atoms with Gasteiger partial charge in [0.25, 0.3) is 5.91 Å². The first-order valence-corrected chi connectivity index (χ1v) is 14.0. The van der Waals surface area contributed by atoms with Crippen LogP contribution in [0, 0.1) is 0 Å². The van der Waals surface area contributed by atoms with Crippen LogP contribution in [0.3, 0.4) is 0 Å². The number of rotatable bonds is 6. The fourth-order valence-electron chi connectivity index (χ4n) is 5.65. The number of aryl methyl sites for hydroxylation is 1. The summed E-state index contributed by atoms with van der Waals surface area (Å²) < 4.78 is 7.95. The van der Waals surface area contributed by atoms with Crippen LogP contribution in [0.1, 0.15) is 42.0 Å². The molecule has 0 unspecified atom stereocenters. The fraction of sp³-hybridized carbons (Fsp3) is 0.615. The van der Waals surface area contributed by atoms with Gasteiger partial charge in [-0.3, -0.25) is 14.4 Å². The Morgan fingerprint density at radius 2 is 1.85 bits per heavy atom. The molecule has 1 amide bonds. The molecular formula is C26H37N5O2S. The minimum Gasteiger partial charge on any atom is -0.492 e. The van der Waals surface area contributed by atoms with Gasteiger partial charge in [-0.2, -0.15) is 16.9 Å². The van der Waals surface area contributed by atoms with Gasteiger partial charge in [0.1, 0.15) is 5.75 Å². The van der Waals surface area contributed by atoms with Crippen LogP contribution in [0.25, 0.3) is 0 Å². The fourth-order valence-corrected chi connectivity index (χ4v) is 6.56. The molecule has 7 nitrogen and oxygen atoms in total. The van der Waals surface area contributed by atoms with E-state index in [-0.39, 0.29) is 5.91 Å². The highest BCUT2D eigenvalue weighted by Crippen LogP contribution is 2.32. The quantitative estimate of drug-likeness (QED) is 0.629. The second-order valence-corrected chi connectivity index (χ2v) is 10.5. The highest BCUT2D eigenvalue weighted by atomic mass is 32.2. The molecule has 0 N–H and O–H groups in total. The standard InChI is InChI=1S/C26H37N5O2S/c1-3-31-22-10-9-20(19-21(22)25(27-31)26(32)30-15-17-34-18-16-30)28-11-13-29(14-12-28)23-7-5-6-8-24(23)33-4-2/h5-8,20H,3-4,9-19H2,1-2H3/t20-/m1/s1. The lowest BCUT2D eigenvalue weighted by Crippen LogP contribution is -2.52. The highest BCUT2D eigenvalue weighted by Gasteiger charge is 2.34. The Morgan fingerprint density at radius 1 is 1.09 bits per heavy atom. The van der Waals surface area contributed by atoms with Gasteiger partial charge in [-0.1, -0.05) is 12.1 Å². The zero-order valence-corrected chi connectivity index (χ0v) is 21.4. The summed E-state index contributed by atoms with van der Waals surface area (Å²) in [5.41, 5.74) is 4.42. The Morgan fingerprint density at radius 3 is 2.59 bits per heavy atom. The molecule has 0 saturated carbocycles. The molecule has 2 fully saturated rings. The average Bonchev–Trinajstić information content (AvgIpc) is 3.27. The zero-order valence-electron chi connectivity index (χ0n) is 20.5. The molecule has 0 radical (unpaired) electrons. The number of para-hydroxylation sites is 2. The number of hydrogen-bond acceptors (Lipinski definition) is 6. The smallest absolute Gasteiger partial charge is 0.274 e. The van der Waals surface area contributed by atoms with Gasteiger partial charge in [0.2, 0.25) is 0 Å². The Balaban J connectivity index is 1.28. The molecule has 0 spiro atoms. The monoisotopic (exact) mass is 483 g/mol. The number of thioether (sulfide) groups is 1. The number of fused-ring (bicyclic) bond motifs is 1. The van der Waals surface area contributed by atoms with Crippen molar-refractivity contribution in [3.05, 3.63) is 41.2 Å². The van der Waals surface area contributed by atoms with E-state index in [1.807, 2.05) is 29.7 Å². The molecule has 184 valence electrons. The molecule has 1 aromatic carbocycles. The molecule has 2 aromatic rings. The minimum atomic E-state index is 0.141. The van der Waals surface area contributed by atoms with Crippen LogP contribution in [-0.4, -0.2) is 88.9 Å². The summed E-state index contributed by atoms with van der Waals surface area (Å²) in [5, 5.41) is 4.82. The maximum Gasteiger partial charge on any atom is 0.274 e. The Hall–Kier alpha value is -2.19. The molecule has 2 aliphatic heterocycles. The van der Waals surface area contributed by atoms with Crippen molar-refractivity contribution in [2.45, 2.75) is 45.7 Å². The van der Waals surface area contributed by atoms with E-state index >= 15 is 0 Å². The van der Waals surface area contributed by atoms with E-state index in [2.05, 4.69) is 39.6 Å². The molecule has 3 aliphatic rings. The summed E-state index contributed by atoms with van der Waals surface area (Å²) >= 11 is 1.93. The van der Waals surface area contributed by atoms with Gasteiger partial charge in [0.05, 0.1) is 12.3 Å². The van der Waals surface area contributed by atoms with E-state index < -0.39 is 0 Å². The molecule has 2 saturated heterocycles. The first-order valence-electron chi connectivity index (χ1n) is 12.9. The lowest BCUT2D eigenvalue weighted by atomic mass is 9.89. The van der Waals surface area contributed by atoms with Gasteiger partial charge >= 0.3 is 0 Å². The van der Waals surface area contributed by atoms with Crippen LogP contribution in [-0.2, 0) is 19.4 Å². The van der Waals surface area contributed by atoms with Crippen LogP contribution in [0.4, 0.5) is 5.69 Å². The van der Waals surface area contributed by atoms with E-state index in [4.69, 9.17) is 9.84 Å². The molecule has 34 heavy (non-hydrogen) atoms. The largest absolute Gasteiger partial charge is 0.492 e. The first kappa shape index (κ1) is 23.5. The molecule has 1 aromatic heterocycles. The maximum atomic E-state index is 13.4. The summed E-state index contributed by atoms with van der Waals surface area (Å²) in [6.07, 6.45) is 3.09.